The average Bonchev–Trinajstić information content (AvgIpc) is 2.62. The monoisotopic (exact) mass is 275 g/mol. The van der Waals surface area contributed by atoms with Crippen LogP contribution in [0.4, 0.5) is 0 Å². The molecule has 0 bridgehead atoms. The molecule has 6 heteroatoms. The molecular formula is C12H21NO4S. The minimum Gasteiger partial charge on any atom is -0.462 e. The maximum Gasteiger partial charge on any atom is 0.311 e. The van der Waals surface area contributed by atoms with Gasteiger partial charge in [-0.25, -0.2) is 8.42 Å². The highest BCUT2D eigenvalue weighted by Gasteiger charge is 2.38. The Labute approximate surface area is 108 Å². The normalized spacial score (nSPS) is 36.4. The van der Waals surface area contributed by atoms with E-state index in [0.717, 1.165) is 6.54 Å². The first-order valence-corrected chi connectivity index (χ1v) is 8.35. The van der Waals surface area contributed by atoms with E-state index < -0.39 is 9.84 Å². The summed E-state index contributed by atoms with van der Waals surface area (Å²) in [6.45, 7) is 4.86. The first kappa shape index (κ1) is 13.8. The molecule has 2 heterocycles. The number of carbonyl (C=O) groups is 1. The molecule has 3 atom stereocenters. The minimum atomic E-state index is -2.90. The number of hydrogen-bond acceptors (Lipinski definition) is 5. The van der Waals surface area contributed by atoms with E-state index in [1.807, 2.05) is 13.8 Å². The number of esters is 1. The van der Waals surface area contributed by atoms with Gasteiger partial charge in [-0.1, -0.05) is 6.92 Å². The maximum atomic E-state index is 12.1. The zero-order valence-corrected chi connectivity index (χ0v) is 11.7. The van der Waals surface area contributed by atoms with Gasteiger partial charge in [0, 0.05) is 6.04 Å². The Morgan fingerprint density at radius 2 is 1.83 bits per heavy atom. The molecule has 0 spiro atoms. The van der Waals surface area contributed by atoms with Crippen LogP contribution in [0, 0.1) is 11.8 Å². The first-order chi connectivity index (χ1) is 8.39. The van der Waals surface area contributed by atoms with E-state index in [2.05, 4.69) is 5.32 Å². The number of ether oxygens (including phenoxy) is 1. The molecule has 2 fully saturated rings. The SMILES string of the molecule is C[C@@H]1CN[C@H](C)[C@H]1C(=O)OC1CCS(=O)(=O)CC1. The van der Waals surface area contributed by atoms with E-state index in [-0.39, 0.29) is 41.5 Å². The molecule has 0 radical (unpaired) electrons. The van der Waals surface area contributed by atoms with Crippen LogP contribution in [0.1, 0.15) is 26.7 Å². The van der Waals surface area contributed by atoms with Crippen molar-refractivity contribution in [3.05, 3.63) is 0 Å². The second-order valence-electron chi connectivity index (χ2n) is 5.49. The molecule has 0 aromatic heterocycles. The van der Waals surface area contributed by atoms with E-state index in [1.54, 1.807) is 0 Å². The van der Waals surface area contributed by atoms with Crippen LogP contribution in [0.5, 0.6) is 0 Å². The van der Waals surface area contributed by atoms with Crippen molar-refractivity contribution in [2.75, 3.05) is 18.1 Å². The largest absolute Gasteiger partial charge is 0.462 e. The summed E-state index contributed by atoms with van der Waals surface area (Å²) >= 11 is 0. The van der Waals surface area contributed by atoms with Gasteiger partial charge in [0.05, 0.1) is 17.4 Å². The molecular weight excluding hydrogens is 254 g/mol. The van der Waals surface area contributed by atoms with Crippen LogP contribution in [-0.4, -0.2) is 44.6 Å². The number of carbonyl (C=O) groups excluding carboxylic acids is 1. The Balaban J connectivity index is 1.88. The van der Waals surface area contributed by atoms with Crippen LogP contribution >= 0.6 is 0 Å². The third-order valence-corrected chi connectivity index (χ3v) is 5.69. The van der Waals surface area contributed by atoms with Crippen LogP contribution in [-0.2, 0) is 19.4 Å². The van der Waals surface area contributed by atoms with E-state index >= 15 is 0 Å². The van der Waals surface area contributed by atoms with Crippen molar-refractivity contribution in [1.29, 1.82) is 0 Å². The molecule has 0 aromatic carbocycles. The minimum absolute atomic E-state index is 0.108. The van der Waals surface area contributed by atoms with Crippen molar-refractivity contribution >= 4 is 15.8 Å². The summed E-state index contributed by atoms with van der Waals surface area (Å²) in [6.07, 6.45) is 0.662. The highest BCUT2D eigenvalue weighted by molar-refractivity contribution is 7.91. The van der Waals surface area contributed by atoms with Gasteiger partial charge in [-0.15, -0.1) is 0 Å². The van der Waals surface area contributed by atoms with Gasteiger partial charge in [0.25, 0.3) is 0 Å². The third kappa shape index (κ3) is 3.03. The van der Waals surface area contributed by atoms with Crippen LogP contribution in [0.25, 0.3) is 0 Å². The number of hydrogen-bond donors (Lipinski definition) is 1. The van der Waals surface area contributed by atoms with Gasteiger partial charge in [-0.3, -0.25) is 4.79 Å². The average molecular weight is 275 g/mol. The Kier molecular flexibility index (Phi) is 3.96. The molecule has 104 valence electrons. The van der Waals surface area contributed by atoms with Gasteiger partial charge in [-0.2, -0.15) is 0 Å². The molecule has 0 amide bonds. The fourth-order valence-electron chi connectivity index (χ4n) is 2.78. The molecule has 18 heavy (non-hydrogen) atoms. The predicted octanol–water partition coefficient (Wildman–Crippen LogP) is 0.351. The van der Waals surface area contributed by atoms with Gasteiger partial charge in [0.15, 0.2) is 9.84 Å². The van der Waals surface area contributed by atoms with E-state index in [1.165, 1.54) is 0 Å². The zero-order valence-electron chi connectivity index (χ0n) is 10.9. The first-order valence-electron chi connectivity index (χ1n) is 6.53. The zero-order chi connectivity index (χ0) is 13.3. The van der Waals surface area contributed by atoms with Gasteiger partial charge in [0.1, 0.15) is 6.10 Å². The summed E-state index contributed by atoms with van der Waals surface area (Å²) in [6, 6.07) is 0.139. The third-order valence-electron chi connectivity index (χ3n) is 3.97. The lowest BCUT2D eigenvalue weighted by Gasteiger charge is -2.25. The summed E-state index contributed by atoms with van der Waals surface area (Å²) in [5.74, 6) is 0.269. The summed E-state index contributed by atoms with van der Waals surface area (Å²) in [7, 11) is -2.90. The lowest BCUT2D eigenvalue weighted by molar-refractivity contribution is -0.155. The van der Waals surface area contributed by atoms with E-state index in [9.17, 15) is 13.2 Å². The Hall–Kier alpha value is -0.620. The van der Waals surface area contributed by atoms with E-state index in [0.29, 0.717) is 12.8 Å². The van der Waals surface area contributed by atoms with Crippen molar-refractivity contribution in [2.24, 2.45) is 11.8 Å². The summed E-state index contributed by atoms with van der Waals surface area (Å²) in [5, 5.41) is 3.25. The van der Waals surface area contributed by atoms with Crippen molar-refractivity contribution in [2.45, 2.75) is 38.8 Å². The fourth-order valence-corrected chi connectivity index (χ4v) is 4.23. The summed E-state index contributed by atoms with van der Waals surface area (Å²) < 4.78 is 28.0. The van der Waals surface area contributed by atoms with Crippen LogP contribution in [0.15, 0.2) is 0 Å². The van der Waals surface area contributed by atoms with Gasteiger partial charge in [-0.05, 0) is 32.2 Å². The molecule has 0 saturated carbocycles. The Morgan fingerprint density at radius 1 is 1.22 bits per heavy atom. The molecule has 2 saturated heterocycles. The quantitative estimate of drug-likeness (QED) is 0.736. The molecule has 0 unspecified atom stereocenters. The Bertz CT molecular complexity index is 396. The summed E-state index contributed by atoms with van der Waals surface area (Å²) in [5.41, 5.74) is 0. The highest BCUT2D eigenvalue weighted by Crippen LogP contribution is 2.25. The summed E-state index contributed by atoms with van der Waals surface area (Å²) in [4.78, 5) is 12.1. The molecule has 2 aliphatic rings. The number of sulfone groups is 1. The van der Waals surface area contributed by atoms with Gasteiger partial charge >= 0.3 is 5.97 Å². The maximum absolute atomic E-state index is 12.1. The number of nitrogens with one attached hydrogen (secondary N) is 1. The predicted molar refractivity (Wildman–Crippen MR) is 67.9 cm³/mol. The van der Waals surface area contributed by atoms with Crippen LogP contribution in [0.3, 0.4) is 0 Å². The van der Waals surface area contributed by atoms with Crippen molar-refractivity contribution in [1.82, 2.24) is 5.32 Å². The topological polar surface area (TPSA) is 72.5 Å². The van der Waals surface area contributed by atoms with Crippen molar-refractivity contribution < 1.29 is 17.9 Å². The van der Waals surface area contributed by atoms with E-state index in [4.69, 9.17) is 4.74 Å². The van der Waals surface area contributed by atoms with Gasteiger partial charge in [0.2, 0.25) is 0 Å². The number of rotatable bonds is 2. The fraction of sp³-hybridized carbons (Fsp3) is 0.917. The van der Waals surface area contributed by atoms with Gasteiger partial charge < -0.3 is 10.1 Å². The lowest BCUT2D eigenvalue weighted by Crippen LogP contribution is -2.36. The molecule has 2 rings (SSSR count). The second kappa shape index (κ2) is 5.17. The van der Waals surface area contributed by atoms with Crippen LogP contribution < -0.4 is 5.32 Å². The van der Waals surface area contributed by atoms with Crippen molar-refractivity contribution in [3.8, 4) is 0 Å². The molecule has 0 aliphatic carbocycles. The standard InChI is InChI=1S/C12H21NO4S/c1-8-7-13-9(2)11(8)12(14)17-10-3-5-18(15,16)6-4-10/h8-11,13H,3-7H2,1-2H3/t8-,9-,11+/m1/s1. The highest BCUT2D eigenvalue weighted by atomic mass is 32.2. The Morgan fingerprint density at radius 3 is 2.33 bits per heavy atom. The molecule has 2 aliphatic heterocycles. The molecule has 1 N–H and O–H groups in total. The second-order valence-corrected chi connectivity index (χ2v) is 7.79. The smallest absolute Gasteiger partial charge is 0.311 e. The van der Waals surface area contributed by atoms with Crippen molar-refractivity contribution in [3.63, 3.8) is 0 Å². The molecule has 0 aromatic rings. The van der Waals surface area contributed by atoms with Crippen LogP contribution in [0.2, 0.25) is 0 Å². The molecule has 5 nitrogen and oxygen atoms in total. The lowest BCUT2D eigenvalue weighted by atomic mass is 9.93.